The maximum atomic E-state index is 4.77. The Morgan fingerprint density at radius 2 is 1.79 bits per heavy atom. The molecule has 0 radical (unpaired) electrons. The van der Waals surface area contributed by atoms with Crippen molar-refractivity contribution in [3.63, 3.8) is 0 Å². The average molecular weight is 252 g/mol. The zero-order valence-corrected chi connectivity index (χ0v) is 11.3. The second-order valence-electron chi connectivity index (χ2n) is 5.62. The zero-order valence-electron chi connectivity index (χ0n) is 11.3. The predicted molar refractivity (Wildman–Crippen MR) is 74.9 cm³/mol. The van der Waals surface area contributed by atoms with Crippen molar-refractivity contribution in [2.24, 2.45) is 0 Å². The molecule has 0 aliphatic carbocycles. The molecule has 3 heterocycles. The normalized spacial score (nSPS) is 11.9. The lowest BCUT2D eigenvalue weighted by molar-refractivity contribution is 0.575. The van der Waals surface area contributed by atoms with Gasteiger partial charge in [0.25, 0.3) is 0 Å². The van der Waals surface area contributed by atoms with E-state index in [0.717, 1.165) is 22.6 Å². The lowest BCUT2D eigenvalue weighted by Gasteiger charge is -2.17. The predicted octanol–water partition coefficient (Wildman–Crippen LogP) is 3.09. The zero-order chi connectivity index (χ0) is 13.5. The first-order valence-electron chi connectivity index (χ1n) is 6.30. The SMILES string of the molecule is CC(C)(C)c1nc2ccccn2c1-c1cncnc1. The summed E-state index contributed by atoms with van der Waals surface area (Å²) >= 11 is 0. The molecule has 0 atom stereocenters. The van der Waals surface area contributed by atoms with Crippen LogP contribution in [0.1, 0.15) is 26.5 Å². The van der Waals surface area contributed by atoms with Crippen LogP contribution in [0, 0.1) is 0 Å². The molecule has 0 bridgehead atoms. The monoisotopic (exact) mass is 252 g/mol. The number of hydrogen-bond donors (Lipinski definition) is 0. The summed E-state index contributed by atoms with van der Waals surface area (Å²) < 4.78 is 2.10. The maximum Gasteiger partial charge on any atom is 0.137 e. The smallest absolute Gasteiger partial charge is 0.137 e. The Morgan fingerprint density at radius 1 is 1.05 bits per heavy atom. The Bertz CT molecular complexity index is 708. The van der Waals surface area contributed by atoms with E-state index in [-0.39, 0.29) is 5.41 Å². The van der Waals surface area contributed by atoms with Gasteiger partial charge in [0.15, 0.2) is 0 Å². The van der Waals surface area contributed by atoms with E-state index < -0.39 is 0 Å². The fourth-order valence-electron chi connectivity index (χ4n) is 2.22. The van der Waals surface area contributed by atoms with E-state index in [4.69, 9.17) is 4.98 Å². The molecule has 0 aliphatic heterocycles. The van der Waals surface area contributed by atoms with Crippen molar-refractivity contribution in [1.82, 2.24) is 19.4 Å². The first kappa shape index (κ1) is 11.8. The van der Waals surface area contributed by atoms with Crippen LogP contribution in [0.15, 0.2) is 43.1 Å². The Morgan fingerprint density at radius 3 is 2.47 bits per heavy atom. The number of pyridine rings is 1. The van der Waals surface area contributed by atoms with Crippen molar-refractivity contribution in [2.75, 3.05) is 0 Å². The minimum absolute atomic E-state index is 0.0306. The van der Waals surface area contributed by atoms with E-state index in [1.807, 2.05) is 36.8 Å². The van der Waals surface area contributed by atoms with Crippen molar-refractivity contribution in [2.45, 2.75) is 26.2 Å². The van der Waals surface area contributed by atoms with Gasteiger partial charge in [-0.1, -0.05) is 26.8 Å². The molecule has 4 nitrogen and oxygen atoms in total. The number of imidazole rings is 1. The van der Waals surface area contributed by atoms with Gasteiger partial charge in [0, 0.05) is 29.6 Å². The van der Waals surface area contributed by atoms with Crippen LogP contribution < -0.4 is 0 Å². The van der Waals surface area contributed by atoms with Gasteiger partial charge in [0.2, 0.25) is 0 Å². The molecule has 19 heavy (non-hydrogen) atoms. The molecule has 3 aromatic heterocycles. The number of nitrogens with zero attached hydrogens (tertiary/aromatic N) is 4. The van der Waals surface area contributed by atoms with Crippen molar-refractivity contribution in [3.8, 4) is 11.3 Å². The molecule has 0 aliphatic rings. The van der Waals surface area contributed by atoms with E-state index in [0.29, 0.717) is 0 Å². The highest BCUT2D eigenvalue weighted by Gasteiger charge is 2.24. The topological polar surface area (TPSA) is 43.1 Å². The summed E-state index contributed by atoms with van der Waals surface area (Å²) in [5, 5.41) is 0. The second-order valence-corrected chi connectivity index (χ2v) is 5.62. The van der Waals surface area contributed by atoms with Crippen LogP contribution in [-0.4, -0.2) is 19.4 Å². The fraction of sp³-hybridized carbons (Fsp3) is 0.267. The Hall–Kier alpha value is -2.23. The van der Waals surface area contributed by atoms with E-state index in [9.17, 15) is 0 Å². The molecular weight excluding hydrogens is 236 g/mol. The highest BCUT2D eigenvalue weighted by atomic mass is 15.0. The number of rotatable bonds is 1. The molecule has 0 spiro atoms. The summed E-state index contributed by atoms with van der Waals surface area (Å²) in [5.74, 6) is 0. The summed E-state index contributed by atoms with van der Waals surface area (Å²) in [4.78, 5) is 13.0. The third-order valence-electron chi connectivity index (χ3n) is 3.07. The largest absolute Gasteiger partial charge is 0.299 e. The number of fused-ring (bicyclic) bond motifs is 1. The van der Waals surface area contributed by atoms with Gasteiger partial charge in [0.05, 0.1) is 11.4 Å². The first-order chi connectivity index (χ1) is 9.07. The van der Waals surface area contributed by atoms with Crippen molar-refractivity contribution >= 4 is 5.65 Å². The van der Waals surface area contributed by atoms with Gasteiger partial charge < -0.3 is 0 Å². The summed E-state index contributed by atoms with van der Waals surface area (Å²) in [6.07, 6.45) is 7.24. The molecule has 4 heteroatoms. The van der Waals surface area contributed by atoms with Gasteiger partial charge in [-0.25, -0.2) is 15.0 Å². The van der Waals surface area contributed by atoms with Crippen LogP contribution >= 0.6 is 0 Å². The molecule has 3 rings (SSSR count). The van der Waals surface area contributed by atoms with Crippen LogP contribution in [0.3, 0.4) is 0 Å². The van der Waals surface area contributed by atoms with Gasteiger partial charge in [-0.05, 0) is 12.1 Å². The molecule has 0 saturated heterocycles. The molecule has 0 aromatic carbocycles. The lowest BCUT2D eigenvalue weighted by Crippen LogP contribution is -2.13. The highest BCUT2D eigenvalue weighted by molar-refractivity contribution is 5.67. The Balaban J connectivity index is 2.38. The van der Waals surface area contributed by atoms with E-state index in [1.54, 1.807) is 6.33 Å². The standard InChI is InChI=1S/C15H16N4/c1-15(2,3)14-13(11-8-16-10-17-9-11)19-7-5-4-6-12(19)18-14/h4-10H,1-3H3. The van der Waals surface area contributed by atoms with Crippen molar-refractivity contribution in [3.05, 3.63) is 48.8 Å². The van der Waals surface area contributed by atoms with Crippen molar-refractivity contribution in [1.29, 1.82) is 0 Å². The van der Waals surface area contributed by atoms with Crippen molar-refractivity contribution < 1.29 is 0 Å². The Labute approximate surface area is 112 Å². The van der Waals surface area contributed by atoms with Gasteiger partial charge in [0.1, 0.15) is 12.0 Å². The molecular formula is C15H16N4. The molecule has 0 amide bonds. The van der Waals surface area contributed by atoms with Gasteiger partial charge >= 0.3 is 0 Å². The highest BCUT2D eigenvalue weighted by Crippen LogP contribution is 2.32. The minimum atomic E-state index is -0.0306. The van der Waals surface area contributed by atoms with Crippen LogP contribution in [-0.2, 0) is 5.41 Å². The van der Waals surface area contributed by atoms with Crippen LogP contribution in [0.4, 0.5) is 0 Å². The van der Waals surface area contributed by atoms with Crippen LogP contribution in [0.25, 0.3) is 16.9 Å². The third kappa shape index (κ3) is 1.99. The van der Waals surface area contributed by atoms with Gasteiger partial charge in [-0.2, -0.15) is 0 Å². The lowest BCUT2D eigenvalue weighted by atomic mass is 9.89. The molecule has 0 fully saturated rings. The molecule has 0 N–H and O–H groups in total. The summed E-state index contributed by atoms with van der Waals surface area (Å²) in [6, 6.07) is 6.02. The quantitative estimate of drug-likeness (QED) is 0.668. The molecule has 0 unspecified atom stereocenters. The maximum absolute atomic E-state index is 4.77. The van der Waals surface area contributed by atoms with E-state index in [2.05, 4.69) is 35.1 Å². The minimum Gasteiger partial charge on any atom is -0.299 e. The number of aromatic nitrogens is 4. The fourth-order valence-corrected chi connectivity index (χ4v) is 2.22. The summed E-state index contributed by atoms with van der Waals surface area (Å²) in [5.41, 5.74) is 4.05. The summed E-state index contributed by atoms with van der Waals surface area (Å²) in [7, 11) is 0. The average Bonchev–Trinajstić information content (AvgIpc) is 2.79. The third-order valence-corrected chi connectivity index (χ3v) is 3.07. The molecule has 0 saturated carbocycles. The first-order valence-corrected chi connectivity index (χ1v) is 6.30. The van der Waals surface area contributed by atoms with Gasteiger partial charge in [-0.3, -0.25) is 4.40 Å². The number of hydrogen-bond acceptors (Lipinski definition) is 3. The molecule has 3 aromatic rings. The Kier molecular flexibility index (Phi) is 2.59. The van der Waals surface area contributed by atoms with E-state index >= 15 is 0 Å². The second kappa shape index (κ2) is 4.16. The van der Waals surface area contributed by atoms with Crippen LogP contribution in [0.2, 0.25) is 0 Å². The summed E-state index contributed by atoms with van der Waals surface area (Å²) in [6.45, 7) is 6.51. The van der Waals surface area contributed by atoms with E-state index in [1.165, 1.54) is 0 Å². The van der Waals surface area contributed by atoms with Gasteiger partial charge in [-0.15, -0.1) is 0 Å². The molecule has 96 valence electrons. The van der Waals surface area contributed by atoms with Crippen LogP contribution in [0.5, 0.6) is 0 Å².